The third-order valence-corrected chi connectivity index (χ3v) is 4.74. The summed E-state index contributed by atoms with van der Waals surface area (Å²) in [6.07, 6.45) is 1.57. The summed E-state index contributed by atoms with van der Waals surface area (Å²) in [5.41, 5.74) is -0.0925. The Bertz CT molecular complexity index is 994. The lowest BCUT2D eigenvalue weighted by molar-refractivity contribution is -0.151. The molecule has 1 aliphatic heterocycles. The highest BCUT2D eigenvalue weighted by Crippen LogP contribution is 2.33. The molecule has 2 heterocycles. The maximum Gasteiger partial charge on any atom is 0.416 e. The van der Waals surface area contributed by atoms with Crippen LogP contribution in [-0.2, 0) is 15.8 Å². The number of carbonyl (C=O) groups excluding carboxylic acids is 2. The van der Waals surface area contributed by atoms with E-state index in [0.717, 1.165) is 25.0 Å². The molecule has 10 heteroatoms. The van der Waals surface area contributed by atoms with Crippen LogP contribution in [0.5, 0.6) is 0 Å². The van der Waals surface area contributed by atoms with Crippen molar-refractivity contribution in [3.05, 3.63) is 41.7 Å². The molecule has 0 N–H and O–H groups in total. The minimum absolute atomic E-state index is 0.0581. The summed E-state index contributed by atoms with van der Waals surface area (Å²) in [6.45, 7) is 1.90. The van der Waals surface area contributed by atoms with E-state index in [1.54, 1.807) is 13.0 Å². The molecule has 0 unspecified atom stereocenters. The van der Waals surface area contributed by atoms with Crippen molar-refractivity contribution in [1.29, 1.82) is 0 Å². The number of aryl methyl sites for hydroxylation is 1. The normalized spacial score (nSPS) is 17.6. The summed E-state index contributed by atoms with van der Waals surface area (Å²) in [5.74, 6) is -0.292. The summed E-state index contributed by atoms with van der Waals surface area (Å²) in [5, 5.41) is 7.06. The van der Waals surface area contributed by atoms with Gasteiger partial charge in [-0.05, 0) is 43.5 Å². The van der Waals surface area contributed by atoms with Crippen LogP contribution in [-0.4, -0.2) is 49.2 Å². The quantitative estimate of drug-likeness (QED) is 0.734. The van der Waals surface area contributed by atoms with Gasteiger partial charge in [0, 0.05) is 24.3 Å². The highest BCUT2D eigenvalue weighted by atomic mass is 19.4. The van der Waals surface area contributed by atoms with Crippen LogP contribution in [0.4, 0.5) is 13.2 Å². The molecule has 2 fully saturated rings. The third-order valence-electron chi connectivity index (χ3n) is 4.74. The lowest BCUT2D eigenvalue weighted by Crippen LogP contribution is -2.43. The summed E-state index contributed by atoms with van der Waals surface area (Å²) in [6, 6.07) is 3.71. The van der Waals surface area contributed by atoms with Gasteiger partial charge < -0.3 is 0 Å². The maximum absolute atomic E-state index is 13.0. The lowest BCUT2D eigenvalue weighted by atomic mass is 10.1. The number of amides is 2. The Morgan fingerprint density at radius 1 is 1.24 bits per heavy atom. The summed E-state index contributed by atoms with van der Waals surface area (Å²) >= 11 is 0. The average Bonchev–Trinajstić information content (AvgIpc) is 3.24. The first-order valence-electron chi connectivity index (χ1n) is 9.14. The topological polar surface area (TPSA) is 71.3 Å². The molecule has 0 bridgehead atoms. The predicted molar refractivity (Wildman–Crippen MR) is 96.7 cm³/mol. The number of halogens is 3. The van der Waals surface area contributed by atoms with E-state index in [4.69, 9.17) is 0 Å². The molecule has 4 rings (SSSR count). The highest BCUT2D eigenvalue weighted by molar-refractivity contribution is 5.93. The van der Waals surface area contributed by atoms with Crippen LogP contribution in [0.3, 0.4) is 0 Å². The van der Waals surface area contributed by atoms with Crippen LogP contribution >= 0.6 is 0 Å². The Balaban J connectivity index is 1.50. The average molecular weight is 405 g/mol. The fourth-order valence-electron chi connectivity index (χ4n) is 3.28. The number of alkyl halides is 3. The molecule has 2 amide bonds. The maximum atomic E-state index is 13.0. The lowest BCUT2D eigenvalue weighted by Gasteiger charge is -2.26. The number of benzene rings is 1. The minimum atomic E-state index is -4.46. The molecule has 1 saturated carbocycles. The van der Waals surface area contributed by atoms with Crippen molar-refractivity contribution in [2.24, 2.45) is 0 Å². The van der Waals surface area contributed by atoms with Gasteiger partial charge >= 0.3 is 6.18 Å². The van der Waals surface area contributed by atoms with Gasteiger partial charge in [0.2, 0.25) is 5.91 Å². The number of rotatable bonds is 4. The smallest absolute Gasteiger partial charge is 0.273 e. The monoisotopic (exact) mass is 405 g/mol. The molecular formula is C19H18F3N5O2. The Kier molecular flexibility index (Phi) is 4.64. The number of hydrogen-bond acceptors (Lipinski definition) is 4. The Morgan fingerprint density at radius 3 is 2.69 bits per heavy atom. The van der Waals surface area contributed by atoms with Crippen molar-refractivity contribution >= 4 is 18.0 Å². The van der Waals surface area contributed by atoms with Crippen molar-refractivity contribution < 1.29 is 22.8 Å². The van der Waals surface area contributed by atoms with Crippen molar-refractivity contribution in [2.75, 3.05) is 6.54 Å². The molecule has 29 heavy (non-hydrogen) atoms. The van der Waals surface area contributed by atoms with Gasteiger partial charge in [-0.15, -0.1) is 5.10 Å². The summed E-state index contributed by atoms with van der Waals surface area (Å²) < 4.78 is 40.3. The van der Waals surface area contributed by atoms with Gasteiger partial charge in [0.05, 0.1) is 18.2 Å². The molecule has 2 aliphatic rings. The number of carbonyl (C=O) groups is 2. The van der Waals surface area contributed by atoms with E-state index in [9.17, 15) is 22.8 Å². The summed E-state index contributed by atoms with van der Waals surface area (Å²) in [7, 11) is 0. The van der Waals surface area contributed by atoms with E-state index in [1.165, 1.54) is 33.3 Å². The predicted octanol–water partition coefficient (Wildman–Crippen LogP) is 2.88. The number of aromatic nitrogens is 3. The van der Waals surface area contributed by atoms with Gasteiger partial charge in [-0.3, -0.25) is 9.59 Å². The Labute approximate surface area is 164 Å². The van der Waals surface area contributed by atoms with Crippen LogP contribution in [0, 0.1) is 6.92 Å². The Morgan fingerprint density at radius 2 is 2.00 bits per heavy atom. The molecule has 0 spiro atoms. The van der Waals surface area contributed by atoms with Gasteiger partial charge in [-0.1, -0.05) is 0 Å². The zero-order valence-electron chi connectivity index (χ0n) is 15.6. The van der Waals surface area contributed by atoms with E-state index < -0.39 is 11.7 Å². The van der Waals surface area contributed by atoms with Crippen LogP contribution < -0.4 is 0 Å². The fraction of sp³-hybridized carbons (Fsp3) is 0.368. The zero-order valence-corrected chi connectivity index (χ0v) is 15.6. The fourth-order valence-corrected chi connectivity index (χ4v) is 3.28. The van der Waals surface area contributed by atoms with Crippen LogP contribution in [0.15, 0.2) is 30.6 Å². The van der Waals surface area contributed by atoms with Gasteiger partial charge in [-0.25, -0.2) is 19.7 Å². The zero-order chi connectivity index (χ0) is 20.8. The SMILES string of the molecule is Cc1cc(-c2ncn(/C=C\C(=O)N3CCC(=O)N3C3CC3)n2)cc(C(F)(F)F)c1. The van der Waals surface area contributed by atoms with Crippen LogP contribution in [0.25, 0.3) is 17.6 Å². The molecule has 1 aromatic carbocycles. The van der Waals surface area contributed by atoms with E-state index in [0.29, 0.717) is 18.5 Å². The van der Waals surface area contributed by atoms with E-state index in [-0.39, 0.29) is 29.2 Å². The second-order valence-electron chi connectivity index (χ2n) is 7.13. The molecule has 0 radical (unpaired) electrons. The molecule has 1 saturated heterocycles. The van der Waals surface area contributed by atoms with E-state index >= 15 is 0 Å². The van der Waals surface area contributed by atoms with Crippen molar-refractivity contribution in [2.45, 2.75) is 38.4 Å². The third kappa shape index (κ3) is 4.01. The molecule has 152 valence electrons. The standard InChI is InChI=1S/C19H18F3N5O2/c1-12-8-13(10-14(9-12)19(20,21)22)18-23-11-25(24-18)6-4-16(28)26-7-5-17(29)27(26)15-2-3-15/h4,6,8-11,15H,2-3,5,7H2,1H3/b6-4-. The first-order chi connectivity index (χ1) is 13.7. The molecule has 0 atom stereocenters. The molecule has 1 aliphatic carbocycles. The number of hydrogen-bond donors (Lipinski definition) is 0. The van der Waals surface area contributed by atoms with Gasteiger partial charge in [0.25, 0.3) is 5.91 Å². The molecule has 1 aromatic heterocycles. The second-order valence-corrected chi connectivity index (χ2v) is 7.13. The van der Waals surface area contributed by atoms with Crippen LogP contribution in [0.1, 0.15) is 30.4 Å². The van der Waals surface area contributed by atoms with E-state index in [2.05, 4.69) is 10.1 Å². The second kappa shape index (κ2) is 7.02. The largest absolute Gasteiger partial charge is 0.416 e. The summed E-state index contributed by atoms with van der Waals surface area (Å²) in [4.78, 5) is 28.4. The van der Waals surface area contributed by atoms with Crippen LogP contribution in [0.2, 0.25) is 0 Å². The van der Waals surface area contributed by atoms with E-state index in [1.807, 2.05) is 0 Å². The first kappa shape index (κ1) is 19.2. The minimum Gasteiger partial charge on any atom is -0.273 e. The van der Waals surface area contributed by atoms with Gasteiger partial charge in [0.1, 0.15) is 6.33 Å². The van der Waals surface area contributed by atoms with Crippen molar-refractivity contribution in [1.82, 2.24) is 24.8 Å². The number of nitrogens with zero attached hydrogens (tertiary/aromatic N) is 5. The molecular weight excluding hydrogens is 387 g/mol. The number of hydrazine groups is 1. The molecule has 2 aromatic rings. The Hall–Kier alpha value is -3.17. The first-order valence-corrected chi connectivity index (χ1v) is 9.14. The highest BCUT2D eigenvalue weighted by Gasteiger charge is 2.41. The van der Waals surface area contributed by atoms with Crippen molar-refractivity contribution in [3.63, 3.8) is 0 Å². The van der Waals surface area contributed by atoms with Crippen molar-refractivity contribution in [3.8, 4) is 11.4 Å². The van der Waals surface area contributed by atoms with Gasteiger partial charge in [-0.2, -0.15) is 13.2 Å². The van der Waals surface area contributed by atoms with Gasteiger partial charge in [0.15, 0.2) is 5.82 Å². The molecule has 7 nitrogen and oxygen atoms in total.